The van der Waals surface area contributed by atoms with Gasteiger partial charge in [-0.05, 0) is 19.4 Å². The maximum Gasteiger partial charge on any atom is 0.156 e. The third-order valence-electron chi connectivity index (χ3n) is 1.60. The summed E-state index contributed by atoms with van der Waals surface area (Å²) in [7, 11) is 1.59. The van der Waals surface area contributed by atoms with E-state index >= 15 is 0 Å². The minimum absolute atomic E-state index is 0.124. The summed E-state index contributed by atoms with van der Waals surface area (Å²) in [6, 6.07) is 0. The van der Waals surface area contributed by atoms with Crippen molar-refractivity contribution in [3.05, 3.63) is 23.8 Å². The Labute approximate surface area is 77.9 Å². The second kappa shape index (κ2) is 4.89. The molecule has 4 heteroatoms. The highest BCUT2D eigenvalue weighted by atomic mass is 16.7. The van der Waals surface area contributed by atoms with Gasteiger partial charge in [-0.1, -0.05) is 0 Å². The van der Waals surface area contributed by atoms with Crippen LogP contribution in [0.5, 0.6) is 0 Å². The molecule has 13 heavy (non-hydrogen) atoms. The van der Waals surface area contributed by atoms with Crippen molar-refractivity contribution in [3.63, 3.8) is 0 Å². The molecule has 0 saturated carbocycles. The predicted molar refractivity (Wildman–Crippen MR) is 48.1 cm³/mol. The van der Waals surface area contributed by atoms with E-state index < -0.39 is 0 Å². The molecule has 1 aromatic heterocycles. The van der Waals surface area contributed by atoms with Gasteiger partial charge in [0.05, 0.1) is 0 Å². The molecule has 1 rings (SSSR count). The lowest BCUT2D eigenvalue weighted by Crippen LogP contribution is -2.06. The molecular weight excluding hydrogens is 168 g/mol. The van der Waals surface area contributed by atoms with Gasteiger partial charge < -0.3 is 9.47 Å². The van der Waals surface area contributed by atoms with Crippen LogP contribution in [0.25, 0.3) is 0 Å². The molecule has 4 nitrogen and oxygen atoms in total. The third-order valence-corrected chi connectivity index (χ3v) is 1.60. The van der Waals surface area contributed by atoms with E-state index in [1.807, 2.05) is 13.8 Å². The average molecular weight is 182 g/mol. The van der Waals surface area contributed by atoms with E-state index in [0.29, 0.717) is 5.82 Å². The number of nitrogens with zero attached hydrogens (tertiary/aromatic N) is 2. The standard InChI is InChI=1S/C9H14N2O2/c1-7-4-10-9(11-5-7)8(2)13-6-12-3/h4-5,8H,6H2,1-3H3. The van der Waals surface area contributed by atoms with Crippen molar-refractivity contribution >= 4 is 0 Å². The topological polar surface area (TPSA) is 44.2 Å². The van der Waals surface area contributed by atoms with Gasteiger partial charge in [-0.15, -0.1) is 0 Å². The van der Waals surface area contributed by atoms with Crippen LogP contribution in [0.1, 0.15) is 24.4 Å². The molecule has 1 unspecified atom stereocenters. The Hall–Kier alpha value is -1.00. The lowest BCUT2D eigenvalue weighted by Gasteiger charge is -2.10. The molecule has 0 amide bonds. The summed E-state index contributed by atoms with van der Waals surface area (Å²) in [5.74, 6) is 0.683. The van der Waals surface area contributed by atoms with Crippen LogP contribution in [0.2, 0.25) is 0 Å². The van der Waals surface area contributed by atoms with E-state index in [-0.39, 0.29) is 12.9 Å². The van der Waals surface area contributed by atoms with Crippen molar-refractivity contribution in [1.82, 2.24) is 9.97 Å². The van der Waals surface area contributed by atoms with E-state index in [2.05, 4.69) is 9.97 Å². The van der Waals surface area contributed by atoms with Crippen LogP contribution in [-0.2, 0) is 9.47 Å². The largest absolute Gasteiger partial charge is 0.359 e. The Bertz CT molecular complexity index is 248. The number of rotatable bonds is 4. The Balaban J connectivity index is 2.55. The Morgan fingerprint density at radius 3 is 2.54 bits per heavy atom. The maximum atomic E-state index is 5.27. The molecule has 0 N–H and O–H groups in total. The number of hydrogen-bond donors (Lipinski definition) is 0. The smallest absolute Gasteiger partial charge is 0.156 e. The molecule has 0 spiro atoms. The molecular formula is C9H14N2O2. The van der Waals surface area contributed by atoms with Crippen LogP contribution in [-0.4, -0.2) is 23.9 Å². The number of aromatic nitrogens is 2. The zero-order valence-electron chi connectivity index (χ0n) is 8.15. The van der Waals surface area contributed by atoms with Gasteiger partial charge in [-0.25, -0.2) is 9.97 Å². The summed E-state index contributed by atoms with van der Waals surface area (Å²) >= 11 is 0. The van der Waals surface area contributed by atoms with Crippen molar-refractivity contribution in [2.45, 2.75) is 20.0 Å². The minimum Gasteiger partial charge on any atom is -0.359 e. The normalized spacial score (nSPS) is 12.8. The molecule has 0 aliphatic carbocycles. The highest BCUT2D eigenvalue weighted by molar-refractivity contribution is 5.02. The molecule has 1 aromatic rings. The van der Waals surface area contributed by atoms with Gasteiger partial charge in [0.2, 0.25) is 0 Å². The van der Waals surface area contributed by atoms with Crippen LogP contribution < -0.4 is 0 Å². The lowest BCUT2D eigenvalue weighted by atomic mass is 10.3. The number of methoxy groups -OCH3 is 1. The van der Waals surface area contributed by atoms with Gasteiger partial charge in [0, 0.05) is 19.5 Å². The van der Waals surface area contributed by atoms with Crippen LogP contribution in [0.15, 0.2) is 12.4 Å². The highest BCUT2D eigenvalue weighted by Gasteiger charge is 2.07. The summed E-state index contributed by atoms with van der Waals surface area (Å²) < 4.78 is 10.0. The average Bonchev–Trinajstić information content (AvgIpc) is 2.15. The van der Waals surface area contributed by atoms with E-state index in [9.17, 15) is 0 Å². The monoisotopic (exact) mass is 182 g/mol. The summed E-state index contributed by atoms with van der Waals surface area (Å²) in [5.41, 5.74) is 1.04. The third kappa shape index (κ3) is 3.08. The van der Waals surface area contributed by atoms with Gasteiger partial charge in [-0.2, -0.15) is 0 Å². The van der Waals surface area contributed by atoms with Gasteiger partial charge in [0.15, 0.2) is 5.82 Å². The molecule has 1 heterocycles. The number of aryl methyl sites for hydroxylation is 1. The first-order valence-corrected chi connectivity index (χ1v) is 4.13. The molecule has 0 aromatic carbocycles. The van der Waals surface area contributed by atoms with Gasteiger partial charge in [0.1, 0.15) is 12.9 Å². The van der Waals surface area contributed by atoms with Crippen molar-refractivity contribution in [2.75, 3.05) is 13.9 Å². The van der Waals surface area contributed by atoms with Crippen molar-refractivity contribution in [1.29, 1.82) is 0 Å². The van der Waals surface area contributed by atoms with E-state index in [0.717, 1.165) is 5.56 Å². The van der Waals surface area contributed by atoms with Crippen molar-refractivity contribution in [3.8, 4) is 0 Å². The SMILES string of the molecule is COCOC(C)c1ncc(C)cn1. The first-order chi connectivity index (χ1) is 6.24. The van der Waals surface area contributed by atoms with Crippen molar-refractivity contribution < 1.29 is 9.47 Å². The van der Waals surface area contributed by atoms with Gasteiger partial charge in [-0.3, -0.25) is 0 Å². The fraction of sp³-hybridized carbons (Fsp3) is 0.556. The Morgan fingerprint density at radius 2 is 2.00 bits per heavy atom. The Kier molecular flexibility index (Phi) is 3.79. The van der Waals surface area contributed by atoms with E-state index in [4.69, 9.17) is 9.47 Å². The molecule has 0 radical (unpaired) electrons. The quantitative estimate of drug-likeness (QED) is 0.661. The molecule has 72 valence electrons. The fourth-order valence-corrected chi connectivity index (χ4v) is 0.857. The molecule has 0 saturated heterocycles. The van der Waals surface area contributed by atoms with Gasteiger partial charge in [0.25, 0.3) is 0 Å². The van der Waals surface area contributed by atoms with E-state index in [1.54, 1.807) is 19.5 Å². The fourth-order valence-electron chi connectivity index (χ4n) is 0.857. The molecule has 0 bridgehead atoms. The van der Waals surface area contributed by atoms with Crippen LogP contribution in [0.3, 0.4) is 0 Å². The lowest BCUT2D eigenvalue weighted by molar-refractivity contribution is -0.0694. The minimum atomic E-state index is -0.124. The second-order valence-corrected chi connectivity index (χ2v) is 2.83. The zero-order valence-corrected chi connectivity index (χ0v) is 8.15. The first-order valence-electron chi connectivity index (χ1n) is 4.13. The summed E-state index contributed by atoms with van der Waals surface area (Å²) in [4.78, 5) is 8.28. The highest BCUT2D eigenvalue weighted by Crippen LogP contribution is 2.10. The molecule has 1 atom stereocenters. The van der Waals surface area contributed by atoms with Crippen LogP contribution in [0, 0.1) is 6.92 Å². The first kappa shape index (κ1) is 10.1. The molecule has 0 aliphatic rings. The summed E-state index contributed by atoms with van der Waals surface area (Å²) in [6.07, 6.45) is 3.42. The second-order valence-electron chi connectivity index (χ2n) is 2.83. The van der Waals surface area contributed by atoms with Crippen LogP contribution in [0.4, 0.5) is 0 Å². The number of ether oxygens (including phenoxy) is 2. The Morgan fingerprint density at radius 1 is 1.38 bits per heavy atom. The summed E-state index contributed by atoms with van der Waals surface area (Å²) in [6.45, 7) is 4.10. The van der Waals surface area contributed by atoms with E-state index in [1.165, 1.54) is 0 Å². The predicted octanol–water partition coefficient (Wildman–Crippen LogP) is 1.47. The molecule has 0 aliphatic heterocycles. The maximum absolute atomic E-state index is 5.27. The van der Waals surface area contributed by atoms with Crippen LogP contribution >= 0.6 is 0 Å². The summed E-state index contributed by atoms with van der Waals surface area (Å²) in [5, 5.41) is 0. The molecule has 0 fully saturated rings. The number of hydrogen-bond acceptors (Lipinski definition) is 4. The zero-order chi connectivity index (χ0) is 9.68. The van der Waals surface area contributed by atoms with Crippen molar-refractivity contribution in [2.24, 2.45) is 0 Å². The van der Waals surface area contributed by atoms with Gasteiger partial charge >= 0.3 is 0 Å².